The Bertz CT molecular complexity index is 499. The fourth-order valence-electron chi connectivity index (χ4n) is 2.89. The zero-order valence-corrected chi connectivity index (χ0v) is 16.1. The maximum Gasteiger partial charge on any atom is 0.190 e. The molecule has 0 aliphatic carbocycles. The van der Waals surface area contributed by atoms with Gasteiger partial charge in [-0.1, -0.05) is 59.4 Å². The average molecular weight is 325 g/mol. The number of hydrogen-bond donors (Lipinski definition) is 0. The van der Waals surface area contributed by atoms with Gasteiger partial charge in [-0.3, -0.25) is 0 Å². The van der Waals surface area contributed by atoms with E-state index >= 15 is 0 Å². The topological polar surface area (TPSA) is 9.23 Å². The summed E-state index contributed by atoms with van der Waals surface area (Å²) in [5.41, 5.74) is 2.58. The van der Waals surface area contributed by atoms with Crippen molar-refractivity contribution in [3.05, 3.63) is 35.9 Å². The van der Waals surface area contributed by atoms with Crippen LogP contribution in [0.1, 0.15) is 45.7 Å². The third-order valence-electron chi connectivity index (χ3n) is 4.07. The minimum atomic E-state index is -1.99. The van der Waals surface area contributed by atoms with Gasteiger partial charge in [0.2, 0.25) is 0 Å². The van der Waals surface area contributed by atoms with Crippen molar-refractivity contribution in [1.82, 2.24) is 0 Å². The van der Waals surface area contributed by atoms with E-state index in [1.165, 1.54) is 16.3 Å². The van der Waals surface area contributed by atoms with Crippen LogP contribution >= 0.6 is 11.1 Å². The minimum absolute atomic E-state index is 0.0320. The molecule has 118 valence electrons. The summed E-state index contributed by atoms with van der Waals surface area (Å²) in [6, 6.07) is 6.42. The summed E-state index contributed by atoms with van der Waals surface area (Å²) in [7, 11) is -1.99. The third kappa shape index (κ3) is 3.92. The lowest BCUT2D eigenvalue weighted by atomic mass is 9.83. The lowest BCUT2D eigenvalue weighted by Crippen LogP contribution is -2.43. The zero-order valence-electron chi connectivity index (χ0n) is 14.3. The van der Waals surface area contributed by atoms with Crippen LogP contribution in [0.2, 0.25) is 12.1 Å². The quantitative estimate of drug-likeness (QED) is 0.392. The molecular weight excluding hydrogens is 296 g/mol. The first kappa shape index (κ1) is 18.3. The predicted octanol–water partition coefficient (Wildman–Crippen LogP) is 5.29. The van der Waals surface area contributed by atoms with Gasteiger partial charge in [0, 0.05) is 5.56 Å². The molecule has 0 unspecified atom stereocenters. The van der Waals surface area contributed by atoms with E-state index in [2.05, 4.69) is 60.3 Å². The standard InChI is InChI=1S/C18H29ClOSi/c1-8-13-20-17-15(21(19,9-2)10-3)12-11-14(4)16(17)18(5,6)7/h8,11-12H,1,9-10,13H2,2-7H3. The van der Waals surface area contributed by atoms with Crippen LogP contribution in [0.5, 0.6) is 5.75 Å². The maximum atomic E-state index is 7.03. The molecule has 0 N–H and O–H groups in total. The van der Waals surface area contributed by atoms with E-state index in [1.54, 1.807) is 6.08 Å². The molecule has 1 nitrogen and oxygen atoms in total. The molecule has 3 heteroatoms. The summed E-state index contributed by atoms with van der Waals surface area (Å²) >= 11 is 7.03. The molecule has 0 saturated heterocycles. The van der Waals surface area contributed by atoms with Crippen LogP contribution < -0.4 is 9.92 Å². The van der Waals surface area contributed by atoms with Gasteiger partial charge < -0.3 is 4.74 Å². The lowest BCUT2D eigenvalue weighted by molar-refractivity contribution is 0.353. The first-order valence-corrected chi connectivity index (χ1v) is 11.2. The fraction of sp³-hybridized carbons (Fsp3) is 0.556. The second-order valence-electron chi connectivity index (χ2n) is 6.66. The Hall–Kier alpha value is -0.733. The van der Waals surface area contributed by atoms with E-state index in [4.69, 9.17) is 15.8 Å². The van der Waals surface area contributed by atoms with Crippen LogP contribution in [0.15, 0.2) is 24.8 Å². The smallest absolute Gasteiger partial charge is 0.190 e. The highest BCUT2D eigenvalue weighted by molar-refractivity contribution is 7.27. The number of ether oxygens (including phenoxy) is 1. The van der Waals surface area contributed by atoms with Gasteiger partial charge in [0.05, 0.1) is 0 Å². The lowest BCUT2D eigenvalue weighted by Gasteiger charge is -2.31. The van der Waals surface area contributed by atoms with E-state index < -0.39 is 7.38 Å². The van der Waals surface area contributed by atoms with E-state index in [0.717, 1.165) is 17.8 Å². The highest BCUT2D eigenvalue weighted by Crippen LogP contribution is 2.36. The summed E-state index contributed by atoms with van der Waals surface area (Å²) in [5.74, 6) is 1.01. The zero-order chi connectivity index (χ0) is 16.3. The largest absolute Gasteiger partial charge is 0.489 e. The van der Waals surface area contributed by atoms with Crippen molar-refractivity contribution >= 4 is 23.6 Å². The first-order chi connectivity index (χ1) is 9.71. The molecule has 0 heterocycles. The second kappa shape index (κ2) is 7.02. The SMILES string of the molecule is C=CCOc1c([Si](Cl)(CC)CC)ccc(C)c1C(C)(C)C. The van der Waals surface area contributed by atoms with Crippen molar-refractivity contribution in [2.24, 2.45) is 0 Å². The highest BCUT2D eigenvalue weighted by atomic mass is 35.6. The summed E-state index contributed by atoms with van der Waals surface area (Å²) in [5, 5.41) is 1.24. The molecular formula is C18H29ClOSi. The summed E-state index contributed by atoms with van der Waals surface area (Å²) in [6.07, 6.45) is 1.80. The molecule has 0 atom stereocenters. The minimum Gasteiger partial charge on any atom is -0.489 e. The van der Waals surface area contributed by atoms with Gasteiger partial charge >= 0.3 is 0 Å². The summed E-state index contributed by atoms with van der Waals surface area (Å²) in [4.78, 5) is 0. The monoisotopic (exact) mass is 324 g/mol. The molecule has 1 aromatic rings. The predicted molar refractivity (Wildman–Crippen MR) is 97.8 cm³/mol. The number of halogens is 1. The Balaban J connectivity index is 3.61. The molecule has 0 aliphatic rings. The fourth-order valence-corrected chi connectivity index (χ4v) is 5.58. The van der Waals surface area contributed by atoms with Crippen LogP contribution in [-0.4, -0.2) is 14.0 Å². The van der Waals surface area contributed by atoms with Crippen molar-refractivity contribution in [2.45, 2.75) is 59.0 Å². The Morgan fingerprint density at radius 1 is 1.24 bits per heavy atom. The van der Waals surface area contributed by atoms with Crippen molar-refractivity contribution in [3.63, 3.8) is 0 Å². The summed E-state index contributed by atoms with van der Waals surface area (Å²) in [6.45, 7) is 17.5. The molecule has 0 spiro atoms. The van der Waals surface area contributed by atoms with Gasteiger partial charge in [0.25, 0.3) is 0 Å². The molecule has 1 rings (SSSR count). The molecule has 0 saturated carbocycles. The van der Waals surface area contributed by atoms with Crippen molar-refractivity contribution in [1.29, 1.82) is 0 Å². The Morgan fingerprint density at radius 3 is 2.24 bits per heavy atom. The molecule has 0 fully saturated rings. The molecule has 0 amide bonds. The maximum absolute atomic E-state index is 7.03. The van der Waals surface area contributed by atoms with Crippen molar-refractivity contribution < 1.29 is 4.74 Å². The number of benzene rings is 1. The van der Waals surface area contributed by atoms with Gasteiger partial charge in [0.1, 0.15) is 12.4 Å². The Morgan fingerprint density at radius 2 is 1.81 bits per heavy atom. The first-order valence-electron chi connectivity index (χ1n) is 7.78. The van der Waals surface area contributed by atoms with Crippen LogP contribution in [0.4, 0.5) is 0 Å². The van der Waals surface area contributed by atoms with E-state index in [9.17, 15) is 0 Å². The molecule has 0 aromatic heterocycles. The number of rotatable bonds is 6. The average Bonchev–Trinajstić information content (AvgIpc) is 2.42. The van der Waals surface area contributed by atoms with E-state index in [1.807, 2.05) is 0 Å². The van der Waals surface area contributed by atoms with Crippen LogP contribution in [0.25, 0.3) is 0 Å². The Labute approximate surface area is 136 Å². The summed E-state index contributed by atoms with van der Waals surface area (Å²) < 4.78 is 6.11. The normalized spacial score (nSPS) is 12.3. The van der Waals surface area contributed by atoms with Gasteiger partial charge in [-0.15, -0.1) is 0 Å². The molecule has 21 heavy (non-hydrogen) atoms. The number of hydrogen-bond acceptors (Lipinski definition) is 1. The molecule has 0 bridgehead atoms. The van der Waals surface area contributed by atoms with Crippen LogP contribution in [0, 0.1) is 6.92 Å². The molecule has 1 aromatic carbocycles. The number of aryl methyl sites for hydroxylation is 1. The van der Waals surface area contributed by atoms with Gasteiger partial charge in [-0.25, -0.2) is 0 Å². The van der Waals surface area contributed by atoms with Gasteiger partial charge in [0.15, 0.2) is 7.38 Å². The third-order valence-corrected chi connectivity index (χ3v) is 9.88. The van der Waals surface area contributed by atoms with Crippen molar-refractivity contribution in [3.8, 4) is 5.75 Å². The van der Waals surface area contributed by atoms with Crippen LogP contribution in [0.3, 0.4) is 0 Å². The second-order valence-corrected chi connectivity index (χ2v) is 12.7. The highest BCUT2D eigenvalue weighted by Gasteiger charge is 2.35. The van der Waals surface area contributed by atoms with E-state index in [0.29, 0.717) is 6.61 Å². The molecule has 0 radical (unpaired) electrons. The van der Waals surface area contributed by atoms with Crippen LogP contribution in [-0.2, 0) is 5.41 Å². The molecule has 0 aliphatic heterocycles. The van der Waals surface area contributed by atoms with E-state index in [-0.39, 0.29) is 5.41 Å². The van der Waals surface area contributed by atoms with Gasteiger partial charge in [-0.05, 0) is 35.2 Å². The van der Waals surface area contributed by atoms with Gasteiger partial charge in [-0.2, -0.15) is 11.1 Å². The Kier molecular flexibility index (Phi) is 6.12. The van der Waals surface area contributed by atoms with Crippen molar-refractivity contribution in [2.75, 3.05) is 6.61 Å².